The number of benzene rings is 1. The summed E-state index contributed by atoms with van der Waals surface area (Å²) < 4.78 is 11.7. The summed E-state index contributed by atoms with van der Waals surface area (Å²) in [4.78, 5) is 15.7. The Morgan fingerprint density at radius 1 is 1.19 bits per heavy atom. The fourth-order valence-corrected chi connectivity index (χ4v) is 3.61. The first-order valence-corrected chi connectivity index (χ1v) is 9.18. The number of nitrogens with zero attached hydrogens (tertiary/aromatic N) is 1. The summed E-state index contributed by atoms with van der Waals surface area (Å²) in [6.07, 6.45) is 3.81. The first-order chi connectivity index (χ1) is 10.1. The van der Waals surface area contributed by atoms with E-state index in [0.717, 1.165) is 30.1 Å². The fourth-order valence-electron chi connectivity index (χ4n) is 2.83. The minimum absolute atomic E-state index is 0.0191. The van der Waals surface area contributed by atoms with Crippen LogP contribution in [0.1, 0.15) is 43.5 Å². The Balaban J connectivity index is 1.96. The van der Waals surface area contributed by atoms with Gasteiger partial charge in [-0.05, 0) is 38.1 Å². The molecule has 0 radical (unpaired) electrons. The van der Waals surface area contributed by atoms with Crippen LogP contribution < -0.4 is 0 Å². The average Bonchev–Trinajstić information content (AvgIpc) is 2.54. The quantitative estimate of drug-likeness (QED) is 0.758. The van der Waals surface area contributed by atoms with E-state index >= 15 is 0 Å². The molecule has 2 unspecified atom stereocenters. The van der Waals surface area contributed by atoms with E-state index in [0.29, 0.717) is 5.75 Å². The SMILES string of the molecule is CCS(=O)c1ccc(C(=O)C(C)CN2CCCCC2)cc1. The molecular formula is C17H25NO2S. The lowest BCUT2D eigenvalue weighted by Gasteiger charge is -2.28. The van der Waals surface area contributed by atoms with Crippen molar-refractivity contribution in [2.45, 2.75) is 38.0 Å². The van der Waals surface area contributed by atoms with Gasteiger partial charge in [-0.3, -0.25) is 9.00 Å². The van der Waals surface area contributed by atoms with Gasteiger partial charge in [-0.15, -0.1) is 0 Å². The third kappa shape index (κ3) is 4.48. The summed E-state index contributed by atoms with van der Waals surface area (Å²) in [6, 6.07) is 7.27. The van der Waals surface area contributed by atoms with E-state index in [2.05, 4.69) is 4.90 Å². The molecule has 1 fully saturated rings. The first kappa shape index (κ1) is 16.4. The van der Waals surface area contributed by atoms with Gasteiger partial charge in [0.25, 0.3) is 0 Å². The molecule has 0 aromatic heterocycles. The highest BCUT2D eigenvalue weighted by Gasteiger charge is 2.20. The molecule has 1 heterocycles. The normalized spacial score (nSPS) is 19.1. The van der Waals surface area contributed by atoms with Gasteiger partial charge >= 0.3 is 0 Å². The Hall–Kier alpha value is -1.00. The van der Waals surface area contributed by atoms with E-state index in [9.17, 15) is 9.00 Å². The summed E-state index contributed by atoms with van der Waals surface area (Å²) in [5, 5.41) is 0. The van der Waals surface area contributed by atoms with Gasteiger partial charge in [-0.1, -0.05) is 32.4 Å². The Morgan fingerprint density at radius 2 is 1.81 bits per heavy atom. The minimum Gasteiger partial charge on any atom is -0.303 e. The maximum Gasteiger partial charge on any atom is 0.166 e. The second kappa shape index (κ2) is 7.85. The molecule has 1 aromatic carbocycles. The number of Topliss-reactive ketones (excluding diaryl/α,β-unsaturated/α-hetero) is 1. The van der Waals surface area contributed by atoms with Crippen LogP contribution in [0.2, 0.25) is 0 Å². The van der Waals surface area contributed by atoms with Crippen molar-refractivity contribution in [3.63, 3.8) is 0 Å². The van der Waals surface area contributed by atoms with Gasteiger partial charge in [-0.25, -0.2) is 0 Å². The van der Waals surface area contributed by atoms with E-state index in [1.54, 1.807) is 0 Å². The molecule has 2 atom stereocenters. The molecule has 0 N–H and O–H groups in total. The molecule has 116 valence electrons. The Morgan fingerprint density at radius 3 is 2.38 bits per heavy atom. The van der Waals surface area contributed by atoms with Crippen LogP contribution >= 0.6 is 0 Å². The van der Waals surface area contributed by atoms with Gasteiger partial charge in [0.05, 0.1) is 10.8 Å². The van der Waals surface area contributed by atoms with Gasteiger partial charge in [0.2, 0.25) is 0 Å². The number of carbonyl (C=O) groups excluding carboxylic acids is 1. The second-order valence-corrected chi connectivity index (χ2v) is 7.52. The molecule has 0 saturated carbocycles. The lowest BCUT2D eigenvalue weighted by molar-refractivity contribution is 0.0883. The van der Waals surface area contributed by atoms with Gasteiger partial charge in [0, 0.05) is 28.7 Å². The van der Waals surface area contributed by atoms with Crippen LogP contribution in [0.15, 0.2) is 29.2 Å². The molecule has 1 aliphatic rings. The lowest BCUT2D eigenvalue weighted by atomic mass is 9.98. The monoisotopic (exact) mass is 307 g/mol. The highest BCUT2D eigenvalue weighted by atomic mass is 32.2. The smallest absolute Gasteiger partial charge is 0.166 e. The number of hydrogen-bond acceptors (Lipinski definition) is 3. The van der Waals surface area contributed by atoms with E-state index in [4.69, 9.17) is 0 Å². The maximum absolute atomic E-state index is 12.5. The number of rotatable bonds is 6. The average molecular weight is 307 g/mol. The van der Waals surface area contributed by atoms with Crippen molar-refractivity contribution < 1.29 is 9.00 Å². The Kier molecular flexibility index (Phi) is 6.12. The molecule has 0 bridgehead atoms. The van der Waals surface area contributed by atoms with Crippen molar-refractivity contribution in [1.82, 2.24) is 4.90 Å². The zero-order valence-corrected chi connectivity index (χ0v) is 13.8. The fraction of sp³-hybridized carbons (Fsp3) is 0.588. The molecule has 0 spiro atoms. The predicted molar refractivity (Wildman–Crippen MR) is 87.2 cm³/mol. The number of hydrogen-bond donors (Lipinski definition) is 0. The van der Waals surface area contributed by atoms with Crippen LogP contribution in [-0.4, -0.2) is 40.3 Å². The predicted octanol–water partition coefficient (Wildman–Crippen LogP) is 3.12. The third-order valence-corrected chi connectivity index (χ3v) is 5.41. The van der Waals surface area contributed by atoms with Crippen LogP contribution in [0.25, 0.3) is 0 Å². The number of carbonyl (C=O) groups is 1. The van der Waals surface area contributed by atoms with Crippen LogP contribution in [0, 0.1) is 5.92 Å². The molecule has 2 rings (SSSR count). The number of piperidine rings is 1. The Bertz CT molecular complexity index is 492. The van der Waals surface area contributed by atoms with E-state index < -0.39 is 10.8 Å². The molecule has 21 heavy (non-hydrogen) atoms. The van der Waals surface area contributed by atoms with Crippen molar-refractivity contribution in [3.8, 4) is 0 Å². The molecule has 1 aromatic rings. The number of ketones is 1. The summed E-state index contributed by atoms with van der Waals surface area (Å²) in [7, 11) is -0.948. The van der Waals surface area contributed by atoms with Crippen molar-refractivity contribution >= 4 is 16.6 Å². The topological polar surface area (TPSA) is 37.4 Å². The maximum atomic E-state index is 12.5. The molecular weight excluding hydrogens is 282 g/mol. The highest BCUT2D eigenvalue weighted by molar-refractivity contribution is 7.85. The summed E-state index contributed by atoms with van der Waals surface area (Å²) in [5.41, 5.74) is 0.733. The van der Waals surface area contributed by atoms with Crippen molar-refractivity contribution in [2.24, 2.45) is 5.92 Å². The lowest BCUT2D eigenvalue weighted by Crippen LogP contribution is -2.35. The van der Waals surface area contributed by atoms with Crippen LogP contribution in [0.3, 0.4) is 0 Å². The van der Waals surface area contributed by atoms with Gasteiger partial charge in [0.15, 0.2) is 5.78 Å². The van der Waals surface area contributed by atoms with E-state index in [-0.39, 0.29) is 11.7 Å². The van der Waals surface area contributed by atoms with Gasteiger partial charge < -0.3 is 4.90 Å². The largest absolute Gasteiger partial charge is 0.303 e. The highest BCUT2D eigenvalue weighted by Crippen LogP contribution is 2.16. The molecule has 1 saturated heterocycles. The van der Waals surface area contributed by atoms with E-state index in [1.807, 2.05) is 38.1 Å². The van der Waals surface area contributed by atoms with Crippen molar-refractivity contribution in [2.75, 3.05) is 25.4 Å². The zero-order chi connectivity index (χ0) is 15.2. The summed E-state index contributed by atoms with van der Waals surface area (Å²) in [6.45, 7) is 6.99. The molecule has 1 aliphatic heterocycles. The molecule has 0 aliphatic carbocycles. The van der Waals surface area contributed by atoms with Crippen molar-refractivity contribution in [3.05, 3.63) is 29.8 Å². The summed E-state index contributed by atoms with van der Waals surface area (Å²) in [5.74, 6) is 0.818. The standard InChI is InChI=1S/C17H25NO2S/c1-3-21(20)16-9-7-15(8-10-16)17(19)14(2)13-18-11-5-4-6-12-18/h7-10,14H,3-6,11-13H2,1-2H3. The second-order valence-electron chi connectivity index (χ2n) is 5.79. The van der Waals surface area contributed by atoms with Gasteiger partial charge in [0.1, 0.15) is 0 Å². The van der Waals surface area contributed by atoms with Gasteiger partial charge in [-0.2, -0.15) is 0 Å². The van der Waals surface area contributed by atoms with E-state index in [1.165, 1.54) is 19.3 Å². The molecule has 3 nitrogen and oxygen atoms in total. The molecule has 0 amide bonds. The first-order valence-electron chi connectivity index (χ1n) is 7.87. The van der Waals surface area contributed by atoms with Crippen LogP contribution in [0.5, 0.6) is 0 Å². The minimum atomic E-state index is -0.948. The number of likely N-dealkylation sites (tertiary alicyclic amines) is 1. The zero-order valence-electron chi connectivity index (χ0n) is 13.0. The van der Waals surface area contributed by atoms with Crippen molar-refractivity contribution in [1.29, 1.82) is 0 Å². The third-order valence-electron chi connectivity index (χ3n) is 4.09. The van der Waals surface area contributed by atoms with Crippen LogP contribution in [0.4, 0.5) is 0 Å². The van der Waals surface area contributed by atoms with Crippen LogP contribution in [-0.2, 0) is 10.8 Å². The summed E-state index contributed by atoms with van der Waals surface area (Å²) >= 11 is 0. The molecule has 4 heteroatoms. The Labute approximate surface area is 130 Å².